The van der Waals surface area contributed by atoms with Crippen LogP contribution in [0.5, 0.6) is 0 Å². The van der Waals surface area contributed by atoms with Crippen molar-refractivity contribution >= 4 is 38.8 Å². The summed E-state index contributed by atoms with van der Waals surface area (Å²) in [4.78, 5) is 12.7. The molecule has 2 unspecified atom stereocenters. The van der Waals surface area contributed by atoms with E-state index in [0.717, 1.165) is 39.5 Å². The van der Waals surface area contributed by atoms with Crippen molar-refractivity contribution in [3.63, 3.8) is 0 Å². The van der Waals surface area contributed by atoms with Gasteiger partial charge in [-0.25, -0.2) is 9.97 Å². The van der Waals surface area contributed by atoms with Gasteiger partial charge in [0.2, 0.25) is 0 Å². The first-order valence-corrected chi connectivity index (χ1v) is 21.3. The average Bonchev–Trinajstić information content (AvgIpc) is 3.87. The largest absolute Gasteiger partial charge is 0.333 e. The van der Waals surface area contributed by atoms with Crippen molar-refractivity contribution < 1.29 is 0 Å². The van der Waals surface area contributed by atoms with E-state index >= 15 is 0 Å². The van der Waals surface area contributed by atoms with E-state index in [4.69, 9.17) is 9.97 Å². The van der Waals surface area contributed by atoms with Crippen LogP contribution in [0.25, 0.3) is 78.1 Å². The topological polar surface area (TPSA) is 34.0 Å². The van der Waals surface area contributed by atoms with E-state index < -0.39 is 0 Å². The molecule has 2 atom stereocenters. The molecule has 292 valence electrons. The van der Waals surface area contributed by atoms with Gasteiger partial charge in [-0.3, -0.25) is 0 Å². The molecule has 0 bridgehead atoms. The minimum atomic E-state index is 0.104. The molecule has 0 fully saturated rings. The Morgan fingerprint density at radius 1 is 0.403 bits per heavy atom. The molecule has 0 radical (unpaired) electrons. The molecule has 8 aromatic carbocycles. The number of fused-ring (bicyclic) bond motifs is 6. The van der Waals surface area contributed by atoms with Crippen molar-refractivity contribution in [1.82, 2.24) is 14.5 Å². The molecule has 10 aromatic rings. The van der Waals surface area contributed by atoms with Gasteiger partial charge in [0.25, 0.3) is 0 Å². The molecule has 0 N–H and O–H groups in total. The summed E-state index contributed by atoms with van der Waals surface area (Å²) in [6.45, 7) is 0. The molecule has 1 aliphatic heterocycles. The lowest BCUT2D eigenvalue weighted by molar-refractivity contribution is 0.747. The van der Waals surface area contributed by atoms with Gasteiger partial charge < -0.3 is 9.47 Å². The van der Waals surface area contributed by atoms with Gasteiger partial charge in [0, 0.05) is 50.4 Å². The summed E-state index contributed by atoms with van der Waals surface area (Å²) >= 11 is 0. The van der Waals surface area contributed by atoms with E-state index in [1.54, 1.807) is 0 Å². The second kappa shape index (κ2) is 14.9. The van der Waals surface area contributed by atoms with Crippen molar-refractivity contribution in [1.29, 1.82) is 0 Å². The molecule has 1 aliphatic carbocycles. The zero-order valence-corrected chi connectivity index (χ0v) is 33.9. The van der Waals surface area contributed by atoms with Crippen molar-refractivity contribution in [2.45, 2.75) is 12.0 Å². The predicted molar refractivity (Wildman–Crippen MR) is 257 cm³/mol. The Hall–Kier alpha value is -8.08. The van der Waals surface area contributed by atoms with Crippen LogP contribution in [0.15, 0.2) is 231 Å². The van der Waals surface area contributed by atoms with Crippen molar-refractivity contribution in [2.24, 2.45) is 0 Å². The number of para-hydroxylation sites is 2. The third-order valence-electron chi connectivity index (χ3n) is 12.6. The number of aromatic nitrogens is 3. The first-order valence-electron chi connectivity index (χ1n) is 21.3. The fourth-order valence-corrected chi connectivity index (χ4v) is 9.56. The summed E-state index contributed by atoms with van der Waals surface area (Å²) < 4.78 is 2.42. The van der Waals surface area contributed by atoms with Crippen LogP contribution in [0.2, 0.25) is 0 Å². The van der Waals surface area contributed by atoms with E-state index in [2.05, 4.69) is 228 Å². The molecule has 2 aliphatic rings. The SMILES string of the molecule is C1=CC2c3ccccc3N(c3ccc(-c4nc(-c5ccccc5)cc(-c5ccccc5)n4)cc3)C2C=C1c1ccc2c3ccccc3n(-c3ccc(-c4ccccc4)cc3)c2c1. The maximum atomic E-state index is 5.10. The highest BCUT2D eigenvalue weighted by Crippen LogP contribution is 2.49. The van der Waals surface area contributed by atoms with Crippen LogP contribution >= 0.6 is 0 Å². The van der Waals surface area contributed by atoms with Crippen LogP contribution in [0.1, 0.15) is 17.0 Å². The van der Waals surface area contributed by atoms with Gasteiger partial charge in [-0.1, -0.05) is 170 Å². The van der Waals surface area contributed by atoms with Crippen molar-refractivity contribution in [2.75, 3.05) is 4.90 Å². The van der Waals surface area contributed by atoms with Crippen LogP contribution in [0, 0.1) is 0 Å². The minimum absolute atomic E-state index is 0.104. The zero-order chi connectivity index (χ0) is 41.0. The third-order valence-corrected chi connectivity index (χ3v) is 12.6. The van der Waals surface area contributed by atoms with Gasteiger partial charge in [-0.15, -0.1) is 0 Å². The van der Waals surface area contributed by atoms with Gasteiger partial charge in [0.05, 0.1) is 28.5 Å². The quantitative estimate of drug-likeness (QED) is 0.161. The number of anilines is 2. The fourth-order valence-electron chi connectivity index (χ4n) is 9.56. The lowest BCUT2D eigenvalue weighted by atomic mass is 9.86. The summed E-state index contributed by atoms with van der Waals surface area (Å²) in [5, 5.41) is 2.50. The Labute approximate surface area is 361 Å². The number of hydrogen-bond donors (Lipinski definition) is 0. The monoisotopic (exact) mass is 792 g/mol. The second-order valence-corrected chi connectivity index (χ2v) is 16.2. The average molecular weight is 793 g/mol. The molecule has 0 spiro atoms. The molecule has 4 nitrogen and oxygen atoms in total. The number of rotatable bonds is 7. The number of benzene rings is 8. The number of hydrogen-bond acceptors (Lipinski definition) is 3. The maximum absolute atomic E-state index is 5.10. The van der Waals surface area contributed by atoms with Crippen LogP contribution in [-0.2, 0) is 0 Å². The summed E-state index contributed by atoms with van der Waals surface area (Å²) in [6, 6.07) is 75.9. The number of nitrogens with zero attached hydrogens (tertiary/aromatic N) is 4. The van der Waals surface area contributed by atoms with E-state index in [9.17, 15) is 0 Å². The smallest absolute Gasteiger partial charge is 0.160 e. The zero-order valence-electron chi connectivity index (χ0n) is 33.9. The third kappa shape index (κ3) is 6.15. The number of allylic oxidation sites excluding steroid dienone is 2. The highest BCUT2D eigenvalue weighted by atomic mass is 15.2. The normalized spacial score (nSPS) is 15.4. The lowest BCUT2D eigenvalue weighted by Gasteiger charge is -2.30. The molecular weight excluding hydrogens is 753 g/mol. The minimum Gasteiger partial charge on any atom is -0.333 e. The van der Waals surface area contributed by atoms with E-state index in [-0.39, 0.29) is 12.0 Å². The van der Waals surface area contributed by atoms with Crippen LogP contribution in [0.3, 0.4) is 0 Å². The van der Waals surface area contributed by atoms with Gasteiger partial charge >= 0.3 is 0 Å². The predicted octanol–water partition coefficient (Wildman–Crippen LogP) is 14.5. The maximum Gasteiger partial charge on any atom is 0.160 e. The van der Waals surface area contributed by atoms with Crippen molar-refractivity contribution in [3.05, 3.63) is 242 Å². The fraction of sp³-hybridized carbons (Fsp3) is 0.0345. The van der Waals surface area contributed by atoms with Crippen LogP contribution in [-0.4, -0.2) is 20.6 Å². The van der Waals surface area contributed by atoms with Gasteiger partial charge in [0.15, 0.2) is 5.82 Å². The molecule has 12 rings (SSSR count). The summed E-state index contributed by atoms with van der Waals surface area (Å²) in [5.74, 6) is 0.937. The standard InChI is InChI=1S/C58H40N4/c1-4-14-39(15-5-1)40-24-30-46(31-25-40)61-54-22-12-10-20-48(54)50-34-28-44(36-56(50)61)45-29-35-51-49-21-11-13-23-55(49)62(57(51)37-45)47-32-26-43(27-33-47)58-59-52(41-16-6-2-7-17-41)38-53(60-58)42-18-8-3-9-19-42/h1-38,51,57H. The summed E-state index contributed by atoms with van der Waals surface area (Å²) in [6.07, 6.45) is 7.21. The van der Waals surface area contributed by atoms with E-state index in [0.29, 0.717) is 5.82 Å². The molecule has 62 heavy (non-hydrogen) atoms. The summed E-state index contributed by atoms with van der Waals surface area (Å²) in [7, 11) is 0. The molecule has 0 saturated carbocycles. The Morgan fingerprint density at radius 2 is 0.952 bits per heavy atom. The molecular formula is C58H40N4. The van der Waals surface area contributed by atoms with E-state index in [1.807, 2.05) is 12.1 Å². The van der Waals surface area contributed by atoms with Gasteiger partial charge in [-0.2, -0.15) is 0 Å². The Morgan fingerprint density at radius 3 is 1.66 bits per heavy atom. The second-order valence-electron chi connectivity index (χ2n) is 16.2. The molecule has 2 aromatic heterocycles. The van der Waals surface area contributed by atoms with E-state index in [1.165, 1.54) is 55.3 Å². The highest BCUT2D eigenvalue weighted by Gasteiger charge is 2.38. The summed E-state index contributed by atoms with van der Waals surface area (Å²) in [5.41, 5.74) is 17.0. The van der Waals surface area contributed by atoms with Gasteiger partial charge in [0.1, 0.15) is 0 Å². The Kier molecular flexibility index (Phi) is 8.60. The molecule has 0 amide bonds. The highest BCUT2D eigenvalue weighted by molar-refractivity contribution is 6.10. The molecule has 4 heteroatoms. The van der Waals surface area contributed by atoms with Crippen LogP contribution in [0.4, 0.5) is 11.4 Å². The van der Waals surface area contributed by atoms with Gasteiger partial charge in [-0.05, 0) is 88.5 Å². The first kappa shape index (κ1) is 35.8. The lowest BCUT2D eigenvalue weighted by Crippen LogP contribution is -2.29. The Balaban J connectivity index is 0.920. The van der Waals surface area contributed by atoms with Crippen molar-refractivity contribution in [3.8, 4) is 50.7 Å². The molecule has 3 heterocycles. The molecule has 0 saturated heterocycles. The first-order chi connectivity index (χ1) is 30.7. The van der Waals surface area contributed by atoms with Crippen LogP contribution < -0.4 is 4.90 Å². The Bertz CT molecular complexity index is 3270.